The minimum atomic E-state index is 0.670. The van der Waals surface area contributed by atoms with E-state index in [1.54, 1.807) is 11.3 Å². The van der Waals surface area contributed by atoms with Crippen molar-refractivity contribution in [3.05, 3.63) is 46.4 Å². The van der Waals surface area contributed by atoms with Crippen LogP contribution in [0.4, 0.5) is 0 Å². The summed E-state index contributed by atoms with van der Waals surface area (Å²) in [4.78, 5) is 10.2. The second-order valence-corrected chi connectivity index (χ2v) is 6.16. The molecule has 4 rings (SSSR count). The van der Waals surface area contributed by atoms with Gasteiger partial charge < -0.3 is 0 Å². The van der Waals surface area contributed by atoms with E-state index < -0.39 is 0 Å². The van der Waals surface area contributed by atoms with E-state index in [-0.39, 0.29) is 0 Å². The van der Waals surface area contributed by atoms with Crippen LogP contribution in [0.5, 0.6) is 0 Å². The van der Waals surface area contributed by atoms with Crippen LogP contribution in [0.3, 0.4) is 0 Å². The Labute approximate surface area is 122 Å². The SMILES string of the molecule is Clc1ccc2nc3sc4cc(Cl)ccc4c3nc2c1. The standard InChI is InChI=1S/C14H6Cl2N2S/c15-7-2-4-10-11(5-7)17-13-9-3-1-8(16)6-12(9)19-14(13)18-10/h1-6H. The number of hydrogen-bond acceptors (Lipinski definition) is 3. The molecule has 0 saturated carbocycles. The first kappa shape index (κ1) is 11.4. The fraction of sp³-hybridized carbons (Fsp3) is 0. The Kier molecular flexibility index (Phi) is 2.42. The molecule has 2 aromatic heterocycles. The minimum absolute atomic E-state index is 0.670. The highest BCUT2D eigenvalue weighted by atomic mass is 35.5. The zero-order valence-corrected chi connectivity index (χ0v) is 11.9. The predicted octanol–water partition coefficient (Wildman–Crippen LogP) is 5.30. The van der Waals surface area contributed by atoms with Gasteiger partial charge in [0.25, 0.3) is 0 Å². The van der Waals surface area contributed by atoms with Crippen molar-refractivity contribution in [2.45, 2.75) is 0 Å². The molecule has 0 spiro atoms. The van der Waals surface area contributed by atoms with Crippen LogP contribution in [0, 0.1) is 0 Å². The Hall–Kier alpha value is -1.42. The van der Waals surface area contributed by atoms with Gasteiger partial charge in [0.05, 0.1) is 11.0 Å². The van der Waals surface area contributed by atoms with Crippen LogP contribution in [-0.2, 0) is 0 Å². The van der Waals surface area contributed by atoms with E-state index in [1.165, 1.54) is 0 Å². The Balaban J connectivity index is 2.20. The van der Waals surface area contributed by atoms with E-state index in [9.17, 15) is 0 Å². The van der Waals surface area contributed by atoms with Crippen LogP contribution in [-0.4, -0.2) is 9.97 Å². The lowest BCUT2D eigenvalue weighted by atomic mass is 10.2. The van der Waals surface area contributed by atoms with E-state index in [0.29, 0.717) is 5.02 Å². The number of fused-ring (bicyclic) bond motifs is 4. The number of hydrogen-bond donors (Lipinski definition) is 0. The first-order chi connectivity index (χ1) is 9.20. The molecule has 0 aliphatic carbocycles. The van der Waals surface area contributed by atoms with Gasteiger partial charge in [0.15, 0.2) is 0 Å². The second-order valence-electron chi connectivity index (χ2n) is 4.25. The molecule has 0 radical (unpaired) electrons. The summed E-state index contributed by atoms with van der Waals surface area (Å²) in [5.41, 5.74) is 2.58. The van der Waals surface area contributed by atoms with E-state index in [4.69, 9.17) is 23.2 Å². The molecule has 2 aromatic carbocycles. The fourth-order valence-electron chi connectivity index (χ4n) is 2.14. The summed E-state index contributed by atoms with van der Waals surface area (Å²) >= 11 is 13.6. The molecular formula is C14H6Cl2N2S. The maximum absolute atomic E-state index is 6.02. The normalized spacial score (nSPS) is 11.7. The van der Waals surface area contributed by atoms with Crippen LogP contribution in [0.1, 0.15) is 0 Å². The number of thiophene rings is 1. The number of benzene rings is 2. The summed E-state index contributed by atoms with van der Waals surface area (Å²) in [5, 5.41) is 2.48. The summed E-state index contributed by atoms with van der Waals surface area (Å²) in [7, 11) is 0. The first-order valence-corrected chi connectivity index (χ1v) is 7.23. The van der Waals surface area contributed by atoms with E-state index >= 15 is 0 Å². The van der Waals surface area contributed by atoms with Gasteiger partial charge in [-0.05, 0) is 36.4 Å². The van der Waals surface area contributed by atoms with Crippen LogP contribution in [0.15, 0.2) is 36.4 Å². The zero-order chi connectivity index (χ0) is 13.0. The molecule has 0 N–H and O–H groups in total. The smallest absolute Gasteiger partial charge is 0.143 e. The molecule has 2 nitrogen and oxygen atoms in total. The lowest BCUT2D eigenvalue weighted by Crippen LogP contribution is -1.83. The third-order valence-corrected chi connectivity index (χ3v) is 4.51. The topological polar surface area (TPSA) is 25.8 Å². The van der Waals surface area contributed by atoms with Crippen LogP contribution >= 0.6 is 34.5 Å². The van der Waals surface area contributed by atoms with Gasteiger partial charge in [-0.15, -0.1) is 11.3 Å². The van der Waals surface area contributed by atoms with Crippen molar-refractivity contribution < 1.29 is 0 Å². The third-order valence-electron chi connectivity index (χ3n) is 3.00. The van der Waals surface area contributed by atoms with Gasteiger partial charge >= 0.3 is 0 Å². The third kappa shape index (κ3) is 1.77. The molecular weight excluding hydrogens is 299 g/mol. The van der Waals surface area contributed by atoms with Crippen LogP contribution in [0.2, 0.25) is 10.0 Å². The maximum atomic E-state index is 6.02. The van der Waals surface area contributed by atoms with Crippen molar-refractivity contribution >= 4 is 66.0 Å². The van der Waals surface area contributed by atoms with Gasteiger partial charge in [-0.2, -0.15) is 0 Å². The van der Waals surface area contributed by atoms with Gasteiger partial charge in [0, 0.05) is 20.1 Å². The Morgan fingerprint density at radius 2 is 1.63 bits per heavy atom. The molecule has 19 heavy (non-hydrogen) atoms. The highest BCUT2D eigenvalue weighted by Gasteiger charge is 2.10. The molecule has 0 bridgehead atoms. The van der Waals surface area contributed by atoms with Crippen LogP contribution < -0.4 is 0 Å². The van der Waals surface area contributed by atoms with Gasteiger partial charge in [-0.25, -0.2) is 9.97 Å². The van der Waals surface area contributed by atoms with Gasteiger partial charge in [-0.3, -0.25) is 0 Å². The lowest BCUT2D eigenvalue weighted by Gasteiger charge is -1.97. The molecule has 5 heteroatoms. The average molecular weight is 305 g/mol. The Morgan fingerprint density at radius 1 is 0.842 bits per heavy atom. The number of aromatic nitrogens is 2. The molecule has 0 aliphatic heterocycles. The highest BCUT2D eigenvalue weighted by molar-refractivity contribution is 7.25. The first-order valence-electron chi connectivity index (χ1n) is 5.66. The number of nitrogens with zero attached hydrogens (tertiary/aromatic N) is 2. The molecule has 0 atom stereocenters. The molecule has 0 unspecified atom stereocenters. The maximum Gasteiger partial charge on any atom is 0.143 e. The van der Waals surface area contributed by atoms with E-state index in [1.807, 2.05) is 36.4 Å². The summed E-state index contributed by atoms with van der Waals surface area (Å²) in [6, 6.07) is 11.4. The van der Waals surface area contributed by atoms with Crippen molar-refractivity contribution in [2.24, 2.45) is 0 Å². The van der Waals surface area contributed by atoms with Gasteiger partial charge in [0.2, 0.25) is 0 Å². The molecule has 2 heterocycles. The quantitative estimate of drug-likeness (QED) is 0.440. The van der Waals surface area contributed by atoms with E-state index in [0.717, 1.165) is 36.5 Å². The van der Waals surface area contributed by atoms with Crippen molar-refractivity contribution in [3.63, 3.8) is 0 Å². The monoisotopic (exact) mass is 304 g/mol. The van der Waals surface area contributed by atoms with Crippen LogP contribution in [0.25, 0.3) is 31.5 Å². The number of halogens is 2. The molecule has 0 fully saturated rings. The predicted molar refractivity (Wildman–Crippen MR) is 82.4 cm³/mol. The Bertz CT molecular complexity index is 946. The van der Waals surface area contributed by atoms with Gasteiger partial charge in [0.1, 0.15) is 10.3 Å². The second kappa shape index (κ2) is 4.04. The van der Waals surface area contributed by atoms with E-state index in [2.05, 4.69) is 9.97 Å². The fourth-order valence-corrected chi connectivity index (χ4v) is 3.61. The van der Waals surface area contributed by atoms with Crippen molar-refractivity contribution in [1.29, 1.82) is 0 Å². The highest BCUT2D eigenvalue weighted by Crippen LogP contribution is 2.34. The molecule has 92 valence electrons. The summed E-state index contributed by atoms with van der Waals surface area (Å²) in [5.74, 6) is 0. The molecule has 4 aromatic rings. The molecule has 0 aliphatic rings. The average Bonchev–Trinajstić information content (AvgIpc) is 2.72. The zero-order valence-electron chi connectivity index (χ0n) is 9.52. The summed E-state index contributed by atoms with van der Waals surface area (Å²) < 4.78 is 1.10. The van der Waals surface area contributed by atoms with Crippen molar-refractivity contribution in [1.82, 2.24) is 9.97 Å². The lowest BCUT2D eigenvalue weighted by molar-refractivity contribution is 1.43. The van der Waals surface area contributed by atoms with Crippen molar-refractivity contribution in [3.8, 4) is 0 Å². The number of rotatable bonds is 0. The largest absolute Gasteiger partial charge is 0.243 e. The summed E-state index contributed by atoms with van der Waals surface area (Å²) in [6.45, 7) is 0. The summed E-state index contributed by atoms with van der Waals surface area (Å²) in [6.07, 6.45) is 0. The molecule has 0 saturated heterocycles. The Morgan fingerprint density at radius 3 is 2.53 bits per heavy atom. The van der Waals surface area contributed by atoms with Crippen molar-refractivity contribution in [2.75, 3.05) is 0 Å². The minimum Gasteiger partial charge on any atom is -0.243 e. The molecule has 0 amide bonds. The van der Waals surface area contributed by atoms with Gasteiger partial charge in [-0.1, -0.05) is 23.2 Å².